The number of likely N-dealkylation sites (N-methyl/N-ethyl adjacent to an activating group) is 2. The normalized spacial score (nSPS) is 11.8. The van der Waals surface area contributed by atoms with Crippen molar-refractivity contribution in [3.05, 3.63) is 48.3 Å². The number of aliphatic hydroxyl groups excluding tert-OH is 1. The molecule has 0 aliphatic carbocycles. The summed E-state index contributed by atoms with van der Waals surface area (Å²) < 4.78 is 10.9. The van der Waals surface area contributed by atoms with Crippen LogP contribution < -0.4 is 30.7 Å². The molecule has 1 atom stereocenters. The molecule has 1 heterocycles. The molecule has 188 valence electrons. The number of nitrogens with zero attached hydrogens (tertiary/aromatic N) is 4. The van der Waals surface area contributed by atoms with E-state index in [1.165, 1.54) is 6.33 Å². The van der Waals surface area contributed by atoms with E-state index in [0.717, 1.165) is 24.5 Å². The van der Waals surface area contributed by atoms with Crippen LogP contribution >= 0.6 is 0 Å². The molecule has 1 aromatic heterocycles. The minimum Gasteiger partial charge on any atom is -0.496 e. The van der Waals surface area contributed by atoms with Crippen molar-refractivity contribution in [1.82, 2.24) is 14.9 Å². The van der Waals surface area contributed by atoms with Gasteiger partial charge in [0.2, 0.25) is 0 Å². The molecule has 5 N–H and O–H groups in total. The standard InChI is InChI=1S/C25H35N7O3/c1-16(33)18-11-17(7-8-22(18)34-5)29-24-14-25(28-15-27-24)30-20-12-19(26)21(13-23(20)35-6)32(4)10-9-31(2)3/h7-8,11-16,33H,9-10,26H2,1-6H3,(H2,27,28,29,30). The van der Waals surface area contributed by atoms with E-state index in [4.69, 9.17) is 15.2 Å². The van der Waals surface area contributed by atoms with Crippen molar-refractivity contribution in [3.8, 4) is 11.5 Å². The Morgan fingerprint density at radius 3 is 2.26 bits per heavy atom. The average Bonchev–Trinajstić information content (AvgIpc) is 2.83. The van der Waals surface area contributed by atoms with Crippen molar-refractivity contribution >= 4 is 34.4 Å². The Kier molecular flexibility index (Phi) is 8.56. The van der Waals surface area contributed by atoms with Crippen molar-refractivity contribution in [2.24, 2.45) is 0 Å². The van der Waals surface area contributed by atoms with E-state index in [0.29, 0.717) is 40.1 Å². The highest BCUT2D eigenvalue weighted by Gasteiger charge is 2.14. The Balaban J connectivity index is 1.80. The van der Waals surface area contributed by atoms with Crippen LogP contribution in [0.5, 0.6) is 11.5 Å². The minimum atomic E-state index is -0.669. The van der Waals surface area contributed by atoms with Crippen LogP contribution in [-0.4, -0.2) is 68.4 Å². The number of aliphatic hydroxyl groups is 1. The van der Waals surface area contributed by atoms with Gasteiger partial charge >= 0.3 is 0 Å². The molecule has 0 amide bonds. The number of hydrogen-bond acceptors (Lipinski definition) is 10. The van der Waals surface area contributed by atoms with Crippen LogP contribution in [-0.2, 0) is 0 Å². The number of ether oxygens (including phenoxy) is 2. The molecule has 2 aromatic carbocycles. The van der Waals surface area contributed by atoms with Crippen molar-refractivity contribution in [1.29, 1.82) is 0 Å². The van der Waals surface area contributed by atoms with E-state index >= 15 is 0 Å². The van der Waals surface area contributed by atoms with Gasteiger partial charge in [0.15, 0.2) is 0 Å². The Morgan fingerprint density at radius 2 is 1.63 bits per heavy atom. The van der Waals surface area contributed by atoms with Crippen molar-refractivity contribution in [3.63, 3.8) is 0 Å². The van der Waals surface area contributed by atoms with E-state index in [9.17, 15) is 5.11 Å². The topological polar surface area (TPSA) is 121 Å². The Hall–Kier alpha value is -3.76. The molecule has 0 saturated heterocycles. The van der Waals surface area contributed by atoms with E-state index in [1.54, 1.807) is 33.3 Å². The molecule has 3 aromatic rings. The third kappa shape index (κ3) is 6.65. The monoisotopic (exact) mass is 481 g/mol. The van der Waals surface area contributed by atoms with Crippen LogP contribution in [0, 0.1) is 0 Å². The second-order valence-electron chi connectivity index (χ2n) is 8.51. The summed E-state index contributed by atoms with van der Waals surface area (Å²) >= 11 is 0. The summed E-state index contributed by atoms with van der Waals surface area (Å²) in [6.45, 7) is 3.43. The fraction of sp³-hybridized carbons (Fsp3) is 0.360. The first-order valence-electron chi connectivity index (χ1n) is 11.3. The fourth-order valence-electron chi connectivity index (χ4n) is 3.57. The van der Waals surface area contributed by atoms with Gasteiger partial charge in [-0.1, -0.05) is 0 Å². The first-order chi connectivity index (χ1) is 16.7. The molecule has 0 spiro atoms. The van der Waals surface area contributed by atoms with E-state index in [1.807, 2.05) is 45.4 Å². The van der Waals surface area contributed by atoms with Crippen molar-refractivity contribution in [2.45, 2.75) is 13.0 Å². The lowest BCUT2D eigenvalue weighted by molar-refractivity contribution is 0.194. The quantitative estimate of drug-likeness (QED) is 0.302. The van der Waals surface area contributed by atoms with Crippen molar-refractivity contribution in [2.75, 3.05) is 69.7 Å². The predicted octanol–water partition coefficient (Wildman–Crippen LogP) is 3.61. The molecule has 0 bridgehead atoms. The number of methoxy groups -OCH3 is 2. The molecule has 10 heteroatoms. The summed E-state index contributed by atoms with van der Waals surface area (Å²) in [6.07, 6.45) is 0.792. The van der Waals surface area contributed by atoms with Crippen LogP contribution in [0.15, 0.2) is 42.7 Å². The fourth-order valence-corrected chi connectivity index (χ4v) is 3.57. The number of nitrogens with two attached hydrogens (primary N) is 1. The highest BCUT2D eigenvalue weighted by molar-refractivity contribution is 5.79. The van der Waals surface area contributed by atoms with Crippen LogP contribution in [0.2, 0.25) is 0 Å². The Labute approximate surface area is 206 Å². The van der Waals surface area contributed by atoms with Gasteiger partial charge in [-0.25, -0.2) is 9.97 Å². The van der Waals surface area contributed by atoms with Crippen LogP contribution in [0.3, 0.4) is 0 Å². The number of anilines is 6. The van der Waals surface area contributed by atoms with Gasteiger partial charge in [-0.2, -0.15) is 0 Å². The number of aromatic nitrogens is 2. The lowest BCUT2D eigenvalue weighted by atomic mass is 10.1. The van der Waals surface area contributed by atoms with Crippen LogP contribution in [0.4, 0.5) is 34.4 Å². The first-order valence-corrected chi connectivity index (χ1v) is 11.3. The molecule has 1 unspecified atom stereocenters. The number of nitrogen functional groups attached to an aromatic ring is 1. The molecule has 0 aliphatic heterocycles. The summed E-state index contributed by atoms with van der Waals surface area (Å²) in [6, 6.07) is 11.0. The number of hydrogen-bond donors (Lipinski definition) is 4. The second kappa shape index (κ2) is 11.6. The molecule has 0 radical (unpaired) electrons. The maximum absolute atomic E-state index is 10.0. The van der Waals surface area contributed by atoms with Gasteiger partial charge in [0.1, 0.15) is 29.5 Å². The largest absolute Gasteiger partial charge is 0.496 e. The lowest BCUT2D eigenvalue weighted by Crippen LogP contribution is -2.29. The number of rotatable bonds is 11. The van der Waals surface area contributed by atoms with Gasteiger partial charge in [0, 0.05) is 43.5 Å². The zero-order valence-electron chi connectivity index (χ0n) is 21.2. The second-order valence-corrected chi connectivity index (χ2v) is 8.51. The van der Waals surface area contributed by atoms with Gasteiger partial charge in [0.25, 0.3) is 0 Å². The SMILES string of the molecule is COc1cc(N(C)CCN(C)C)c(N)cc1Nc1cc(Nc2ccc(OC)c(C(C)O)c2)ncn1. The van der Waals surface area contributed by atoms with Crippen LogP contribution in [0.1, 0.15) is 18.6 Å². The smallest absolute Gasteiger partial charge is 0.144 e. The van der Waals surface area contributed by atoms with Gasteiger partial charge < -0.3 is 40.7 Å². The molecule has 10 nitrogen and oxygen atoms in total. The molecule has 0 aliphatic rings. The Bertz CT molecular complexity index is 1140. The maximum Gasteiger partial charge on any atom is 0.144 e. The van der Waals surface area contributed by atoms with Gasteiger partial charge in [0.05, 0.1) is 37.4 Å². The predicted molar refractivity (Wildman–Crippen MR) is 141 cm³/mol. The zero-order valence-corrected chi connectivity index (χ0v) is 21.2. The lowest BCUT2D eigenvalue weighted by Gasteiger charge is -2.24. The number of nitrogens with one attached hydrogen (secondary N) is 2. The van der Waals surface area contributed by atoms with Crippen molar-refractivity contribution < 1.29 is 14.6 Å². The average molecular weight is 482 g/mol. The molecule has 0 saturated carbocycles. The summed E-state index contributed by atoms with van der Waals surface area (Å²) in [5.74, 6) is 2.42. The maximum atomic E-state index is 10.0. The minimum absolute atomic E-state index is 0.568. The summed E-state index contributed by atoms with van der Waals surface area (Å²) in [4.78, 5) is 12.9. The molecule has 0 fully saturated rings. The third-order valence-electron chi connectivity index (χ3n) is 5.52. The molecule has 3 rings (SSSR count). The summed E-state index contributed by atoms with van der Waals surface area (Å²) in [5.41, 5.74) is 10.0. The van der Waals surface area contributed by atoms with E-state index in [-0.39, 0.29) is 0 Å². The molecular formula is C25H35N7O3. The van der Waals surface area contributed by atoms with Gasteiger partial charge in [-0.3, -0.25) is 0 Å². The van der Waals surface area contributed by atoms with Gasteiger partial charge in [-0.15, -0.1) is 0 Å². The Morgan fingerprint density at radius 1 is 0.943 bits per heavy atom. The number of benzene rings is 2. The summed E-state index contributed by atoms with van der Waals surface area (Å²) in [7, 11) is 9.28. The zero-order chi connectivity index (χ0) is 25.5. The summed E-state index contributed by atoms with van der Waals surface area (Å²) in [5, 5.41) is 16.6. The van der Waals surface area contributed by atoms with Gasteiger partial charge in [-0.05, 0) is 45.3 Å². The third-order valence-corrected chi connectivity index (χ3v) is 5.52. The molecule has 35 heavy (non-hydrogen) atoms. The van der Waals surface area contributed by atoms with E-state index in [2.05, 4.69) is 30.4 Å². The first kappa shape index (κ1) is 25.9. The van der Waals surface area contributed by atoms with Crippen LogP contribution in [0.25, 0.3) is 0 Å². The highest BCUT2D eigenvalue weighted by Crippen LogP contribution is 2.36. The molecular weight excluding hydrogens is 446 g/mol. The van der Waals surface area contributed by atoms with E-state index < -0.39 is 6.10 Å². The highest BCUT2D eigenvalue weighted by atomic mass is 16.5.